The third-order valence-corrected chi connectivity index (χ3v) is 6.04. The number of amides is 1. The monoisotopic (exact) mass is 545 g/mol. The van der Waals surface area contributed by atoms with Gasteiger partial charge in [-0.2, -0.15) is 0 Å². The van der Waals surface area contributed by atoms with E-state index in [9.17, 15) is 60.7 Å². The second-order valence-electron chi connectivity index (χ2n) is 8.71. The molecule has 2 fully saturated rings. The Kier molecular flexibility index (Phi) is 12.1. The maximum atomic E-state index is 11.3. The SMILES string of the molecule is CC(=O)N[C@@H](C=O)[C@@H](O)[C@H](O[C@@H]1O[C@H](CO)[C@H](O[C@@H]2O[C@H](CO)[C@H](O)[C@H](O)[C@H]2O)[C@H](O)[C@H]1O)[C@H](O)CO. The molecule has 14 atom stereocenters. The summed E-state index contributed by atoms with van der Waals surface area (Å²) in [5.74, 6) is -0.716. The summed E-state index contributed by atoms with van der Waals surface area (Å²) in [6.07, 6.45) is -23.1. The van der Waals surface area contributed by atoms with E-state index >= 15 is 0 Å². The predicted octanol–water partition coefficient (Wildman–Crippen LogP) is -7.59. The number of rotatable bonds is 12. The molecule has 2 aliphatic rings. The van der Waals surface area contributed by atoms with Gasteiger partial charge in [0.05, 0.1) is 19.8 Å². The van der Waals surface area contributed by atoms with Gasteiger partial charge in [-0.05, 0) is 0 Å². The van der Waals surface area contributed by atoms with E-state index in [-0.39, 0.29) is 6.29 Å². The van der Waals surface area contributed by atoms with E-state index in [1.807, 2.05) is 0 Å². The first kappa shape index (κ1) is 31.8. The van der Waals surface area contributed by atoms with Crippen molar-refractivity contribution in [1.82, 2.24) is 5.32 Å². The minimum absolute atomic E-state index is 0.139. The molecular formula is C20H35NO16. The van der Waals surface area contributed by atoms with Gasteiger partial charge in [0.15, 0.2) is 12.6 Å². The van der Waals surface area contributed by atoms with Gasteiger partial charge >= 0.3 is 0 Å². The first-order valence-corrected chi connectivity index (χ1v) is 11.3. The number of hydrogen-bond acceptors (Lipinski definition) is 16. The van der Waals surface area contributed by atoms with Crippen LogP contribution < -0.4 is 5.32 Å². The van der Waals surface area contributed by atoms with Crippen molar-refractivity contribution in [2.75, 3.05) is 19.8 Å². The van der Waals surface area contributed by atoms with E-state index in [1.54, 1.807) is 0 Å². The summed E-state index contributed by atoms with van der Waals surface area (Å²) in [5, 5.41) is 102. The van der Waals surface area contributed by atoms with Gasteiger partial charge in [0.25, 0.3) is 0 Å². The van der Waals surface area contributed by atoms with Crippen LogP contribution in [-0.2, 0) is 28.5 Å². The molecule has 1 amide bonds. The highest BCUT2D eigenvalue weighted by molar-refractivity contribution is 5.77. The van der Waals surface area contributed by atoms with Crippen molar-refractivity contribution in [3.8, 4) is 0 Å². The second kappa shape index (κ2) is 14.1. The Morgan fingerprint density at radius 3 is 1.97 bits per heavy atom. The maximum absolute atomic E-state index is 11.3. The number of aldehydes is 1. The van der Waals surface area contributed by atoms with Gasteiger partial charge in [-0.1, -0.05) is 0 Å². The van der Waals surface area contributed by atoms with Gasteiger partial charge in [0.2, 0.25) is 5.91 Å². The average molecular weight is 545 g/mol. The highest BCUT2D eigenvalue weighted by Gasteiger charge is 2.51. The van der Waals surface area contributed by atoms with Crippen LogP contribution in [0.4, 0.5) is 0 Å². The summed E-state index contributed by atoms with van der Waals surface area (Å²) in [6.45, 7) is -1.60. The van der Waals surface area contributed by atoms with Crippen LogP contribution in [-0.4, -0.2) is 169 Å². The molecule has 0 bridgehead atoms. The molecule has 0 saturated carbocycles. The molecule has 17 nitrogen and oxygen atoms in total. The summed E-state index contributed by atoms with van der Waals surface area (Å²) in [5.41, 5.74) is 0. The highest BCUT2D eigenvalue weighted by atomic mass is 16.7. The summed E-state index contributed by atoms with van der Waals surface area (Å²) in [7, 11) is 0. The van der Waals surface area contributed by atoms with Crippen LogP contribution in [0.25, 0.3) is 0 Å². The Labute approximate surface area is 210 Å². The van der Waals surface area contributed by atoms with Gasteiger partial charge in [-0.25, -0.2) is 0 Å². The van der Waals surface area contributed by atoms with Crippen LogP contribution in [0.1, 0.15) is 6.92 Å². The van der Waals surface area contributed by atoms with Crippen LogP contribution in [0, 0.1) is 0 Å². The zero-order valence-corrected chi connectivity index (χ0v) is 19.7. The number of nitrogens with one attached hydrogen (secondary N) is 1. The molecular weight excluding hydrogens is 510 g/mol. The second-order valence-corrected chi connectivity index (χ2v) is 8.71. The molecule has 216 valence electrons. The molecule has 2 heterocycles. The molecule has 0 aromatic carbocycles. The summed E-state index contributed by atoms with van der Waals surface area (Å²) in [6, 6.07) is -1.61. The lowest BCUT2D eigenvalue weighted by Crippen LogP contribution is -2.65. The molecule has 11 N–H and O–H groups in total. The van der Waals surface area contributed by atoms with Gasteiger partial charge in [-0.15, -0.1) is 0 Å². The fourth-order valence-electron chi connectivity index (χ4n) is 3.96. The average Bonchev–Trinajstić information content (AvgIpc) is 2.88. The summed E-state index contributed by atoms with van der Waals surface area (Å²) in [4.78, 5) is 22.6. The normalized spacial score (nSPS) is 39.9. The molecule has 2 rings (SSSR count). The molecule has 0 unspecified atom stereocenters. The largest absolute Gasteiger partial charge is 0.394 e. The van der Waals surface area contributed by atoms with Crippen molar-refractivity contribution in [3.63, 3.8) is 0 Å². The molecule has 0 radical (unpaired) electrons. The Morgan fingerprint density at radius 2 is 1.46 bits per heavy atom. The minimum Gasteiger partial charge on any atom is -0.394 e. The van der Waals surface area contributed by atoms with E-state index in [2.05, 4.69) is 5.32 Å². The van der Waals surface area contributed by atoms with Crippen LogP contribution in [0.5, 0.6) is 0 Å². The molecule has 0 aliphatic carbocycles. The van der Waals surface area contributed by atoms with E-state index in [0.717, 1.165) is 6.92 Å². The fourth-order valence-corrected chi connectivity index (χ4v) is 3.96. The van der Waals surface area contributed by atoms with Crippen molar-refractivity contribution < 1.29 is 79.6 Å². The number of ether oxygens (including phenoxy) is 4. The highest BCUT2D eigenvalue weighted by Crippen LogP contribution is 2.30. The Hall–Kier alpha value is -1.42. The summed E-state index contributed by atoms with van der Waals surface area (Å²) < 4.78 is 21.4. The van der Waals surface area contributed by atoms with E-state index in [0.29, 0.717) is 0 Å². The lowest BCUT2D eigenvalue weighted by molar-refractivity contribution is -0.367. The topological polar surface area (TPSA) is 285 Å². The molecule has 0 aromatic rings. The van der Waals surface area contributed by atoms with E-state index < -0.39 is 111 Å². The van der Waals surface area contributed by atoms with E-state index in [1.165, 1.54) is 0 Å². The van der Waals surface area contributed by atoms with Crippen LogP contribution in [0.2, 0.25) is 0 Å². The molecule has 37 heavy (non-hydrogen) atoms. The lowest BCUT2D eigenvalue weighted by Gasteiger charge is -2.46. The van der Waals surface area contributed by atoms with Gasteiger partial charge in [-0.3, -0.25) is 4.79 Å². The Balaban J connectivity index is 2.20. The standard InChI is InChI=1S/C20H35NO16/c1-6(26)21-7(2-22)11(28)17(8(27)3-23)36-20-16(33)14(31)18(10(5-25)35-20)37-19-15(32)13(30)12(29)9(4-24)34-19/h2,7-20,23-25,27-33H,3-5H2,1H3,(H,21,26)/t7-,8+,9+,10+,11+,12-,13-,14+,15+,16+,17+,18-,19-,20-/m0/s1. The number of hydrogen-bond donors (Lipinski definition) is 11. The number of carbonyl (C=O) groups is 2. The third-order valence-electron chi connectivity index (χ3n) is 6.04. The van der Waals surface area contributed by atoms with Crippen molar-refractivity contribution >= 4 is 12.2 Å². The number of aliphatic hydroxyl groups excluding tert-OH is 10. The van der Waals surface area contributed by atoms with Crippen LogP contribution in [0.15, 0.2) is 0 Å². The minimum atomic E-state index is -2.02. The van der Waals surface area contributed by atoms with Crippen molar-refractivity contribution in [1.29, 1.82) is 0 Å². The Morgan fingerprint density at radius 1 is 0.892 bits per heavy atom. The fraction of sp³-hybridized carbons (Fsp3) is 0.900. The molecule has 0 spiro atoms. The Bertz CT molecular complexity index is 726. The zero-order chi connectivity index (χ0) is 28.0. The zero-order valence-electron chi connectivity index (χ0n) is 19.7. The van der Waals surface area contributed by atoms with Crippen molar-refractivity contribution in [2.45, 2.75) is 92.7 Å². The predicted molar refractivity (Wildman–Crippen MR) is 114 cm³/mol. The van der Waals surface area contributed by atoms with Gasteiger partial charge < -0.3 is 80.1 Å². The first-order chi connectivity index (χ1) is 17.4. The molecule has 0 aromatic heterocycles. The van der Waals surface area contributed by atoms with Crippen LogP contribution >= 0.6 is 0 Å². The van der Waals surface area contributed by atoms with E-state index in [4.69, 9.17) is 18.9 Å². The maximum Gasteiger partial charge on any atom is 0.217 e. The third kappa shape index (κ3) is 7.37. The van der Waals surface area contributed by atoms with Crippen molar-refractivity contribution in [3.05, 3.63) is 0 Å². The lowest BCUT2D eigenvalue weighted by atomic mass is 9.96. The van der Waals surface area contributed by atoms with Gasteiger partial charge in [0, 0.05) is 6.92 Å². The molecule has 2 saturated heterocycles. The summed E-state index contributed by atoms with van der Waals surface area (Å²) >= 11 is 0. The van der Waals surface area contributed by atoms with Crippen LogP contribution in [0.3, 0.4) is 0 Å². The number of carbonyl (C=O) groups excluding carboxylic acids is 2. The molecule has 17 heteroatoms. The van der Waals surface area contributed by atoms with Crippen molar-refractivity contribution in [2.24, 2.45) is 0 Å². The van der Waals surface area contributed by atoms with Gasteiger partial charge in [0.1, 0.15) is 79.5 Å². The smallest absolute Gasteiger partial charge is 0.217 e. The first-order valence-electron chi connectivity index (χ1n) is 11.3. The quantitative estimate of drug-likeness (QED) is 0.102. The number of aliphatic hydroxyl groups is 10. The molecule has 2 aliphatic heterocycles.